The van der Waals surface area contributed by atoms with E-state index in [9.17, 15) is 19.8 Å². The number of furan rings is 1. The fourth-order valence-corrected chi connectivity index (χ4v) is 3.84. The predicted octanol–water partition coefficient (Wildman–Crippen LogP) is 3.83. The fourth-order valence-electron chi connectivity index (χ4n) is 3.16. The van der Waals surface area contributed by atoms with Crippen LogP contribution in [0.25, 0.3) is 0 Å². The van der Waals surface area contributed by atoms with Crippen molar-refractivity contribution in [1.29, 1.82) is 0 Å². The number of nitrogens with zero attached hydrogens (tertiary/aromatic N) is 1. The van der Waals surface area contributed by atoms with Crippen molar-refractivity contribution in [3.05, 3.63) is 87.7 Å². The minimum Gasteiger partial charge on any atom is -0.508 e. The number of hydrogen-bond donors (Lipinski definition) is 2. The summed E-state index contributed by atoms with van der Waals surface area (Å²) < 4.78 is 5.33. The number of Topliss-reactive ketones (excluding diaryl/α,β-unsaturated/α-hetero) is 1. The molecule has 0 radical (unpaired) electrons. The summed E-state index contributed by atoms with van der Waals surface area (Å²) in [7, 11) is 0. The first-order valence-electron chi connectivity index (χ1n) is 8.20. The normalized spacial score (nSPS) is 17.0. The van der Waals surface area contributed by atoms with E-state index in [0.29, 0.717) is 16.2 Å². The molecule has 0 fully saturated rings. The number of carbonyl (C=O) groups is 2. The van der Waals surface area contributed by atoms with Crippen LogP contribution >= 0.6 is 11.3 Å². The van der Waals surface area contributed by atoms with Crippen LogP contribution in [0.4, 0.5) is 0 Å². The van der Waals surface area contributed by atoms with Crippen LogP contribution in [0.3, 0.4) is 0 Å². The van der Waals surface area contributed by atoms with Crippen LogP contribution < -0.4 is 0 Å². The Morgan fingerprint density at radius 1 is 1.11 bits per heavy atom. The molecule has 0 bridgehead atoms. The zero-order valence-corrected chi connectivity index (χ0v) is 14.8. The van der Waals surface area contributed by atoms with Crippen LogP contribution in [0.1, 0.15) is 27.0 Å². The number of aliphatic hydroxyl groups excluding tert-OH is 1. The van der Waals surface area contributed by atoms with Crippen LogP contribution in [0.15, 0.2) is 75.9 Å². The molecule has 0 saturated heterocycles. The Balaban J connectivity index is 1.80. The minimum absolute atomic E-state index is 0.0275. The number of aliphatic hydroxyl groups is 1. The number of thiophene rings is 1. The summed E-state index contributed by atoms with van der Waals surface area (Å²) in [6.07, 6.45) is 1.50. The molecule has 4 rings (SSSR count). The molecule has 6 nitrogen and oxygen atoms in total. The summed E-state index contributed by atoms with van der Waals surface area (Å²) in [4.78, 5) is 27.6. The third kappa shape index (κ3) is 3.02. The third-order valence-electron chi connectivity index (χ3n) is 4.41. The molecule has 136 valence electrons. The van der Waals surface area contributed by atoms with E-state index < -0.39 is 23.5 Å². The Hall–Kier alpha value is -3.32. The van der Waals surface area contributed by atoms with Crippen LogP contribution in [0.5, 0.6) is 5.75 Å². The molecule has 1 aliphatic heterocycles. The number of rotatable bonds is 5. The molecular weight excluding hydrogens is 366 g/mol. The topological polar surface area (TPSA) is 91.0 Å². The maximum Gasteiger partial charge on any atom is 0.290 e. The lowest BCUT2D eigenvalue weighted by Gasteiger charge is -2.26. The van der Waals surface area contributed by atoms with Gasteiger partial charge >= 0.3 is 0 Å². The number of benzene rings is 1. The van der Waals surface area contributed by atoms with E-state index in [1.807, 2.05) is 0 Å². The average Bonchev–Trinajstić information content (AvgIpc) is 3.41. The molecule has 0 saturated carbocycles. The van der Waals surface area contributed by atoms with Crippen molar-refractivity contribution < 1.29 is 24.2 Å². The second-order valence-electron chi connectivity index (χ2n) is 6.08. The van der Waals surface area contributed by atoms with Crippen molar-refractivity contribution in [1.82, 2.24) is 4.90 Å². The van der Waals surface area contributed by atoms with Gasteiger partial charge < -0.3 is 19.5 Å². The van der Waals surface area contributed by atoms with Crippen LogP contribution in [0, 0.1) is 0 Å². The van der Waals surface area contributed by atoms with Gasteiger partial charge in [0, 0.05) is 0 Å². The number of phenolic OH excluding ortho intramolecular Hbond substituents is 1. The van der Waals surface area contributed by atoms with Gasteiger partial charge in [0.1, 0.15) is 11.5 Å². The lowest BCUT2D eigenvalue weighted by molar-refractivity contribution is -0.130. The van der Waals surface area contributed by atoms with Crippen LogP contribution in [-0.4, -0.2) is 26.8 Å². The predicted molar refractivity (Wildman–Crippen MR) is 98.4 cm³/mol. The Bertz CT molecular complexity index is 1000. The third-order valence-corrected chi connectivity index (χ3v) is 5.28. The molecular formula is C20H15NO5S. The van der Waals surface area contributed by atoms with Crippen LogP contribution in [0.2, 0.25) is 0 Å². The van der Waals surface area contributed by atoms with E-state index in [-0.39, 0.29) is 17.9 Å². The van der Waals surface area contributed by atoms with Crippen molar-refractivity contribution in [3.63, 3.8) is 0 Å². The Kier molecular flexibility index (Phi) is 4.29. The molecule has 0 aliphatic carbocycles. The number of aromatic hydroxyl groups is 1. The highest BCUT2D eigenvalue weighted by molar-refractivity contribution is 7.12. The zero-order chi connectivity index (χ0) is 19.0. The summed E-state index contributed by atoms with van der Waals surface area (Å²) in [5.74, 6) is -0.983. The molecule has 0 spiro atoms. The molecule has 2 aromatic heterocycles. The molecule has 1 atom stereocenters. The zero-order valence-electron chi connectivity index (χ0n) is 14.0. The van der Waals surface area contributed by atoms with Crippen molar-refractivity contribution >= 4 is 23.0 Å². The fraction of sp³-hybridized carbons (Fsp3) is 0.100. The van der Waals surface area contributed by atoms with Gasteiger partial charge in [-0.15, -0.1) is 11.3 Å². The molecule has 7 heteroatoms. The van der Waals surface area contributed by atoms with Gasteiger partial charge in [0.25, 0.3) is 5.91 Å². The quantitative estimate of drug-likeness (QED) is 0.656. The molecule has 3 heterocycles. The average molecular weight is 381 g/mol. The van der Waals surface area contributed by atoms with Crippen molar-refractivity contribution in [3.8, 4) is 5.75 Å². The highest BCUT2D eigenvalue weighted by Crippen LogP contribution is 2.40. The highest BCUT2D eigenvalue weighted by atomic mass is 32.1. The summed E-state index contributed by atoms with van der Waals surface area (Å²) in [5.41, 5.74) is 0.636. The standard InChI is InChI=1S/C20H15NO5S/c22-13-7-5-12(6-8-13)17-16(18(23)15-4-2-10-27-15)19(24)20(25)21(17)11-14-3-1-9-26-14/h1-10,17,22,24H,11H2. The highest BCUT2D eigenvalue weighted by Gasteiger charge is 2.44. The lowest BCUT2D eigenvalue weighted by atomic mass is 9.95. The number of amides is 1. The van der Waals surface area contributed by atoms with Crippen molar-refractivity contribution in [2.24, 2.45) is 0 Å². The maximum absolute atomic E-state index is 13.0. The van der Waals surface area contributed by atoms with Gasteiger partial charge in [0.05, 0.1) is 29.3 Å². The summed E-state index contributed by atoms with van der Waals surface area (Å²) in [6, 6.07) is 12.3. The van der Waals surface area contributed by atoms with E-state index in [1.165, 1.54) is 34.6 Å². The van der Waals surface area contributed by atoms with Gasteiger partial charge in [-0.3, -0.25) is 9.59 Å². The monoisotopic (exact) mass is 381 g/mol. The SMILES string of the molecule is O=C(C1=C(O)C(=O)N(Cc2ccco2)C1c1ccc(O)cc1)c1cccs1. The van der Waals surface area contributed by atoms with Gasteiger partial charge in [-0.2, -0.15) is 0 Å². The molecule has 3 aromatic rings. The Morgan fingerprint density at radius 3 is 2.52 bits per heavy atom. The summed E-state index contributed by atoms with van der Waals surface area (Å²) >= 11 is 1.24. The Labute approximate surface area is 158 Å². The smallest absolute Gasteiger partial charge is 0.290 e. The van der Waals surface area contributed by atoms with E-state index in [2.05, 4.69) is 0 Å². The van der Waals surface area contributed by atoms with E-state index >= 15 is 0 Å². The molecule has 1 unspecified atom stereocenters. The van der Waals surface area contributed by atoms with Gasteiger partial charge in [-0.1, -0.05) is 18.2 Å². The van der Waals surface area contributed by atoms with Gasteiger partial charge in [-0.25, -0.2) is 0 Å². The summed E-state index contributed by atoms with van der Waals surface area (Å²) in [6.45, 7) is 0.0999. The first kappa shape index (κ1) is 17.1. The maximum atomic E-state index is 13.0. The van der Waals surface area contributed by atoms with E-state index in [1.54, 1.807) is 41.8 Å². The molecule has 1 amide bonds. The first-order valence-corrected chi connectivity index (χ1v) is 9.08. The number of hydrogen-bond acceptors (Lipinski definition) is 6. The Morgan fingerprint density at radius 2 is 1.89 bits per heavy atom. The van der Waals surface area contributed by atoms with Crippen molar-refractivity contribution in [2.75, 3.05) is 0 Å². The van der Waals surface area contributed by atoms with Gasteiger partial charge in [0.15, 0.2) is 5.76 Å². The molecule has 27 heavy (non-hydrogen) atoms. The molecule has 1 aliphatic rings. The van der Waals surface area contributed by atoms with Gasteiger partial charge in [-0.05, 0) is 41.3 Å². The number of phenols is 1. The number of carbonyl (C=O) groups excluding carboxylic acids is 2. The summed E-state index contributed by atoms with van der Waals surface area (Å²) in [5, 5.41) is 21.8. The minimum atomic E-state index is -0.780. The van der Waals surface area contributed by atoms with Gasteiger partial charge in [0.2, 0.25) is 5.78 Å². The second-order valence-corrected chi connectivity index (χ2v) is 7.02. The van der Waals surface area contributed by atoms with E-state index in [0.717, 1.165) is 0 Å². The second kappa shape index (κ2) is 6.77. The van der Waals surface area contributed by atoms with E-state index in [4.69, 9.17) is 4.42 Å². The van der Waals surface area contributed by atoms with Crippen molar-refractivity contribution in [2.45, 2.75) is 12.6 Å². The lowest BCUT2D eigenvalue weighted by Crippen LogP contribution is -2.30. The molecule has 1 aromatic carbocycles. The first-order chi connectivity index (χ1) is 13.1. The largest absolute Gasteiger partial charge is 0.508 e. The number of ketones is 1. The van der Waals surface area contributed by atoms with Crippen LogP contribution in [-0.2, 0) is 11.3 Å². The molecule has 2 N–H and O–H groups in total.